The number of hydrogen-bond acceptors (Lipinski definition) is 4. The minimum Gasteiger partial charge on any atom is -0.494 e. The second kappa shape index (κ2) is 4.77. The third kappa shape index (κ3) is 2.14. The summed E-state index contributed by atoms with van der Waals surface area (Å²) < 4.78 is 15.2. The normalized spacial score (nSPS) is 19.5. The molecule has 0 aromatic heterocycles. The number of halogens is 1. The average Bonchev–Trinajstić information content (AvgIpc) is 2.66. The molecule has 0 spiro atoms. The van der Waals surface area contributed by atoms with E-state index in [0.29, 0.717) is 21.9 Å². The standard InChI is InChI=1S/C12H11ClO4/c1-15-10-9(11(14)17-12(10)16-2)7-3-5-8(13)6-4-7/h3-6,12H,1-2H3. The van der Waals surface area contributed by atoms with Crippen molar-refractivity contribution in [1.29, 1.82) is 0 Å². The number of methoxy groups -OCH3 is 2. The third-order valence-corrected chi connectivity index (χ3v) is 2.70. The smallest absolute Gasteiger partial charge is 0.345 e. The fraction of sp³-hybridized carbons (Fsp3) is 0.250. The van der Waals surface area contributed by atoms with E-state index in [1.807, 2.05) is 0 Å². The molecular weight excluding hydrogens is 244 g/mol. The molecule has 1 aliphatic heterocycles. The van der Waals surface area contributed by atoms with Crippen LogP contribution in [0.4, 0.5) is 0 Å². The predicted octanol–water partition coefficient (Wildman–Crippen LogP) is 2.23. The van der Waals surface area contributed by atoms with Crippen molar-refractivity contribution in [2.24, 2.45) is 0 Å². The second-order valence-electron chi connectivity index (χ2n) is 3.42. The third-order valence-electron chi connectivity index (χ3n) is 2.45. The number of ether oxygens (including phenoxy) is 3. The first-order valence-electron chi connectivity index (χ1n) is 4.95. The number of esters is 1. The zero-order chi connectivity index (χ0) is 12.4. The molecule has 1 heterocycles. The number of carbonyl (C=O) groups is 1. The van der Waals surface area contributed by atoms with E-state index in [-0.39, 0.29) is 0 Å². The van der Waals surface area contributed by atoms with E-state index in [2.05, 4.69) is 0 Å². The van der Waals surface area contributed by atoms with Gasteiger partial charge >= 0.3 is 5.97 Å². The highest BCUT2D eigenvalue weighted by Crippen LogP contribution is 2.31. The highest BCUT2D eigenvalue weighted by Gasteiger charge is 2.36. The van der Waals surface area contributed by atoms with Crippen LogP contribution < -0.4 is 0 Å². The molecule has 0 fully saturated rings. The van der Waals surface area contributed by atoms with Crippen LogP contribution in [-0.2, 0) is 19.0 Å². The SMILES string of the molecule is COC1=C(c2ccc(Cl)cc2)C(=O)OC1OC. The van der Waals surface area contributed by atoms with Crippen LogP contribution in [0, 0.1) is 0 Å². The molecule has 1 atom stereocenters. The molecule has 1 aliphatic rings. The van der Waals surface area contributed by atoms with Gasteiger partial charge in [0, 0.05) is 12.1 Å². The Morgan fingerprint density at radius 3 is 2.41 bits per heavy atom. The molecule has 0 saturated heterocycles. The van der Waals surface area contributed by atoms with Gasteiger partial charge in [0.25, 0.3) is 6.29 Å². The molecule has 1 unspecified atom stereocenters. The van der Waals surface area contributed by atoms with Crippen LogP contribution in [0.1, 0.15) is 5.56 Å². The van der Waals surface area contributed by atoms with E-state index in [1.165, 1.54) is 14.2 Å². The molecule has 1 aromatic rings. The molecule has 0 bridgehead atoms. The topological polar surface area (TPSA) is 44.8 Å². The number of hydrogen-bond donors (Lipinski definition) is 0. The van der Waals surface area contributed by atoms with Gasteiger partial charge in [-0.3, -0.25) is 0 Å². The summed E-state index contributed by atoms with van der Waals surface area (Å²) in [6, 6.07) is 6.86. The van der Waals surface area contributed by atoms with Gasteiger partial charge in [0.2, 0.25) is 0 Å². The van der Waals surface area contributed by atoms with E-state index in [9.17, 15) is 4.79 Å². The summed E-state index contributed by atoms with van der Waals surface area (Å²) in [5.41, 5.74) is 1.06. The number of rotatable bonds is 3. The van der Waals surface area contributed by atoms with Crippen molar-refractivity contribution in [2.45, 2.75) is 6.29 Å². The Labute approximate surface area is 104 Å². The van der Waals surface area contributed by atoms with E-state index in [0.717, 1.165) is 0 Å². The molecule has 90 valence electrons. The van der Waals surface area contributed by atoms with Crippen molar-refractivity contribution >= 4 is 23.1 Å². The highest BCUT2D eigenvalue weighted by molar-refractivity contribution is 6.30. The largest absolute Gasteiger partial charge is 0.494 e. The van der Waals surface area contributed by atoms with Gasteiger partial charge in [-0.05, 0) is 17.7 Å². The first-order chi connectivity index (χ1) is 8.17. The van der Waals surface area contributed by atoms with Crippen LogP contribution in [0.3, 0.4) is 0 Å². The second-order valence-corrected chi connectivity index (χ2v) is 3.86. The molecule has 4 nitrogen and oxygen atoms in total. The Balaban J connectivity index is 2.47. The zero-order valence-electron chi connectivity index (χ0n) is 9.40. The minimum atomic E-state index is -0.779. The molecule has 0 saturated carbocycles. The summed E-state index contributed by atoms with van der Waals surface area (Å²) in [5.74, 6) is -0.0872. The van der Waals surface area contributed by atoms with Gasteiger partial charge in [-0.25, -0.2) is 4.79 Å². The highest BCUT2D eigenvalue weighted by atomic mass is 35.5. The lowest BCUT2D eigenvalue weighted by Crippen LogP contribution is -2.14. The molecule has 0 N–H and O–H groups in total. The summed E-state index contributed by atoms with van der Waals surface area (Å²) in [4.78, 5) is 11.7. The van der Waals surface area contributed by atoms with Gasteiger partial charge in [0.05, 0.1) is 7.11 Å². The number of benzene rings is 1. The lowest BCUT2D eigenvalue weighted by Gasteiger charge is -2.09. The lowest BCUT2D eigenvalue weighted by atomic mass is 10.1. The lowest BCUT2D eigenvalue weighted by molar-refractivity contribution is -0.158. The zero-order valence-corrected chi connectivity index (χ0v) is 10.2. The number of carbonyl (C=O) groups excluding carboxylic acids is 1. The monoisotopic (exact) mass is 254 g/mol. The van der Waals surface area contributed by atoms with Crippen LogP contribution in [0.2, 0.25) is 5.02 Å². The Morgan fingerprint density at radius 1 is 1.24 bits per heavy atom. The van der Waals surface area contributed by atoms with Crippen LogP contribution in [-0.4, -0.2) is 26.5 Å². The predicted molar refractivity (Wildman–Crippen MR) is 62.3 cm³/mol. The molecule has 0 amide bonds. The Hall–Kier alpha value is -1.52. The van der Waals surface area contributed by atoms with E-state index < -0.39 is 12.3 Å². The molecule has 17 heavy (non-hydrogen) atoms. The first kappa shape index (κ1) is 12.0. The average molecular weight is 255 g/mol. The molecule has 0 aliphatic carbocycles. The first-order valence-corrected chi connectivity index (χ1v) is 5.33. The Bertz CT molecular complexity index is 464. The number of cyclic esters (lactones) is 1. The van der Waals surface area contributed by atoms with Crippen LogP contribution >= 0.6 is 11.6 Å². The maximum atomic E-state index is 11.7. The molecule has 1 aromatic carbocycles. The summed E-state index contributed by atoms with van der Waals surface area (Å²) >= 11 is 5.79. The van der Waals surface area contributed by atoms with Crippen molar-refractivity contribution in [3.63, 3.8) is 0 Å². The van der Waals surface area contributed by atoms with E-state index in [1.54, 1.807) is 24.3 Å². The van der Waals surface area contributed by atoms with Gasteiger partial charge < -0.3 is 14.2 Å². The molecule has 2 rings (SSSR count). The fourth-order valence-electron chi connectivity index (χ4n) is 1.66. The summed E-state index contributed by atoms with van der Waals surface area (Å²) in [6.45, 7) is 0. The molecular formula is C12H11ClO4. The van der Waals surface area contributed by atoms with Gasteiger partial charge in [-0.2, -0.15) is 0 Å². The van der Waals surface area contributed by atoms with Gasteiger partial charge in [0.15, 0.2) is 5.76 Å². The maximum absolute atomic E-state index is 11.7. The molecule has 0 radical (unpaired) electrons. The van der Waals surface area contributed by atoms with E-state index >= 15 is 0 Å². The van der Waals surface area contributed by atoms with Crippen LogP contribution in [0.15, 0.2) is 30.0 Å². The maximum Gasteiger partial charge on any atom is 0.345 e. The van der Waals surface area contributed by atoms with Crippen molar-refractivity contribution in [3.8, 4) is 0 Å². The van der Waals surface area contributed by atoms with Crippen molar-refractivity contribution in [1.82, 2.24) is 0 Å². The van der Waals surface area contributed by atoms with Gasteiger partial charge in [-0.15, -0.1) is 0 Å². The molecule has 5 heteroatoms. The van der Waals surface area contributed by atoms with Crippen LogP contribution in [0.5, 0.6) is 0 Å². The summed E-state index contributed by atoms with van der Waals surface area (Å²) in [5, 5.41) is 0.600. The summed E-state index contributed by atoms with van der Waals surface area (Å²) in [7, 11) is 2.92. The Morgan fingerprint density at radius 2 is 1.88 bits per heavy atom. The minimum absolute atomic E-state index is 0.371. The van der Waals surface area contributed by atoms with Crippen molar-refractivity contribution in [2.75, 3.05) is 14.2 Å². The summed E-state index contributed by atoms with van der Waals surface area (Å²) in [6.07, 6.45) is -0.779. The van der Waals surface area contributed by atoms with Gasteiger partial charge in [-0.1, -0.05) is 23.7 Å². The fourth-order valence-corrected chi connectivity index (χ4v) is 1.78. The van der Waals surface area contributed by atoms with E-state index in [4.69, 9.17) is 25.8 Å². The Kier molecular flexibility index (Phi) is 3.36. The van der Waals surface area contributed by atoms with Crippen molar-refractivity contribution < 1.29 is 19.0 Å². The van der Waals surface area contributed by atoms with Crippen molar-refractivity contribution in [3.05, 3.63) is 40.6 Å². The van der Waals surface area contributed by atoms with Gasteiger partial charge in [0.1, 0.15) is 5.57 Å². The van der Waals surface area contributed by atoms with Crippen LogP contribution in [0.25, 0.3) is 5.57 Å². The quantitative estimate of drug-likeness (QED) is 0.776.